The van der Waals surface area contributed by atoms with Crippen molar-refractivity contribution in [2.45, 2.75) is 37.1 Å². The highest BCUT2D eigenvalue weighted by Crippen LogP contribution is 2.44. The second kappa shape index (κ2) is 8.22. The Bertz CT molecular complexity index is 847. The fourth-order valence-corrected chi connectivity index (χ4v) is 4.45. The molecule has 0 amide bonds. The van der Waals surface area contributed by atoms with Gasteiger partial charge in [-0.25, -0.2) is 0 Å². The molecule has 0 aliphatic carbocycles. The maximum absolute atomic E-state index is 10.7. The molecule has 0 bridgehead atoms. The van der Waals surface area contributed by atoms with Crippen LogP contribution >= 0.6 is 0 Å². The lowest BCUT2D eigenvalue weighted by molar-refractivity contribution is -0.0587. The van der Waals surface area contributed by atoms with Crippen LogP contribution in [0.5, 0.6) is 17.2 Å². The molecular formula is C23H29NO5. The zero-order valence-corrected chi connectivity index (χ0v) is 17.0. The predicted octanol–water partition coefficient (Wildman–Crippen LogP) is 3.09. The minimum atomic E-state index is -0.609. The number of ether oxygens (including phenoxy) is 3. The molecule has 4 rings (SSSR count). The van der Waals surface area contributed by atoms with E-state index in [4.69, 9.17) is 14.2 Å². The predicted molar refractivity (Wildman–Crippen MR) is 110 cm³/mol. The number of likely N-dealkylation sites (tertiary alicyclic amines) is 1. The van der Waals surface area contributed by atoms with Gasteiger partial charge in [0, 0.05) is 31.6 Å². The highest BCUT2D eigenvalue weighted by atomic mass is 16.5. The number of fused-ring (bicyclic) bond motifs is 1. The number of hydrogen-bond donors (Lipinski definition) is 2. The van der Waals surface area contributed by atoms with Crippen LogP contribution < -0.4 is 14.2 Å². The molecule has 2 N–H and O–H groups in total. The maximum Gasteiger partial charge on any atom is 0.161 e. The Morgan fingerprint density at radius 2 is 1.83 bits per heavy atom. The normalized spacial score (nSPS) is 21.9. The summed E-state index contributed by atoms with van der Waals surface area (Å²) in [4.78, 5) is 2.25. The van der Waals surface area contributed by atoms with Gasteiger partial charge in [0.15, 0.2) is 11.5 Å². The van der Waals surface area contributed by atoms with Crippen LogP contribution in [0, 0.1) is 0 Å². The lowest BCUT2D eigenvalue weighted by atomic mass is 9.81. The first-order chi connectivity index (χ1) is 14.0. The van der Waals surface area contributed by atoms with Gasteiger partial charge in [-0.3, -0.25) is 0 Å². The summed E-state index contributed by atoms with van der Waals surface area (Å²) < 4.78 is 17.0. The Kier molecular flexibility index (Phi) is 5.67. The second-order valence-electron chi connectivity index (χ2n) is 7.97. The topological polar surface area (TPSA) is 71.4 Å². The van der Waals surface area contributed by atoms with E-state index in [0.717, 1.165) is 42.8 Å². The van der Waals surface area contributed by atoms with Gasteiger partial charge in [-0.1, -0.05) is 24.3 Å². The van der Waals surface area contributed by atoms with Crippen molar-refractivity contribution in [1.82, 2.24) is 4.90 Å². The van der Waals surface area contributed by atoms with E-state index in [1.54, 1.807) is 14.2 Å². The third kappa shape index (κ3) is 4.06. The lowest BCUT2D eigenvalue weighted by Gasteiger charge is -2.46. The minimum Gasteiger partial charge on any atom is -0.493 e. The molecule has 1 spiro atoms. The van der Waals surface area contributed by atoms with E-state index in [1.807, 2.05) is 42.5 Å². The van der Waals surface area contributed by atoms with Crippen molar-refractivity contribution >= 4 is 0 Å². The Labute approximate surface area is 171 Å². The number of para-hydroxylation sites is 1. The largest absolute Gasteiger partial charge is 0.493 e. The highest BCUT2D eigenvalue weighted by Gasteiger charge is 2.42. The average molecular weight is 399 g/mol. The monoisotopic (exact) mass is 399 g/mol. The van der Waals surface area contributed by atoms with Crippen LogP contribution in [-0.2, 0) is 0 Å². The highest BCUT2D eigenvalue weighted by molar-refractivity contribution is 5.43. The van der Waals surface area contributed by atoms with E-state index in [1.165, 1.54) is 0 Å². The van der Waals surface area contributed by atoms with Crippen LogP contribution in [-0.4, -0.2) is 54.6 Å². The van der Waals surface area contributed by atoms with Crippen LogP contribution in [0.4, 0.5) is 0 Å². The molecule has 1 fully saturated rings. The van der Waals surface area contributed by atoms with Gasteiger partial charge in [0.1, 0.15) is 11.4 Å². The lowest BCUT2D eigenvalue weighted by Crippen LogP contribution is -2.51. The Hall–Kier alpha value is -2.28. The first-order valence-corrected chi connectivity index (χ1v) is 10.1. The van der Waals surface area contributed by atoms with Gasteiger partial charge in [0.25, 0.3) is 0 Å². The molecule has 2 aromatic carbocycles. The van der Waals surface area contributed by atoms with Gasteiger partial charge < -0.3 is 29.3 Å². The number of rotatable bonds is 5. The standard InChI is InChI=1S/C23H29NO5/c1-27-21-8-7-16(13-22(21)28-2)19(26)15-24-11-9-23(10-12-24)14-18(25)17-5-3-4-6-20(17)29-23/h3-8,13,18-19,25-26H,9-12,14-15H2,1-2H3. The third-order valence-corrected chi connectivity index (χ3v) is 6.16. The van der Waals surface area contributed by atoms with Gasteiger partial charge in [-0.2, -0.15) is 0 Å². The summed E-state index contributed by atoms with van der Waals surface area (Å²) in [6.07, 6.45) is 1.19. The fraction of sp³-hybridized carbons (Fsp3) is 0.478. The molecule has 2 aromatic rings. The Morgan fingerprint density at radius 1 is 1.10 bits per heavy atom. The number of benzene rings is 2. The molecule has 2 heterocycles. The molecule has 2 aliphatic rings. The molecule has 2 aliphatic heterocycles. The van der Waals surface area contributed by atoms with Crippen molar-refractivity contribution in [3.05, 3.63) is 53.6 Å². The van der Waals surface area contributed by atoms with Crippen LogP contribution in [0.3, 0.4) is 0 Å². The summed E-state index contributed by atoms with van der Waals surface area (Å²) in [5.74, 6) is 2.06. The summed E-state index contributed by atoms with van der Waals surface area (Å²) >= 11 is 0. The van der Waals surface area contributed by atoms with Crippen LogP contribution in [0.25, 0.3) is 0 Å². The number of methoxy groups -OCH3 is 2. The fourth-order valence-electron chi connectivity index (χ4n) is 4.45. The smallest absolute Gasteiger partial charge is 0.161 e. The third-order valence-electron chi connectivity index (χ3n) is 6.16. The van der Waals surface area contributed by atoms with E-state index < -0.39 is 12.2 Å². The van der Waals surface area contributed by atoms with Crippen molar-refractivity contribution in [2.75, 3.05) is 33.9 Å². The number of nitrogens with zero attached hydrogens (tertiary/aromatic N) is 1. The van der Waals surface area contributed by atoms with E-state index in [2.05, 4.69) is 4.90 Å². The molecule has 156 valence electrons. The van der Waals surface area contributed by atoms with E-state index in [-0.39, 0.29) is 5.60 Å². The zero-order chi connectivity index (χ0) is 20.4. The summed E-state index contributed by atoms with van der Waals surface area (Å²) in [5, 5.41) is 21.3. The summed E-state index contributed by atoms with van der Waals surface area (Å²) in [6.45, 7) is 2.18. The quantitative estimate of drug-likeness (QED) is 0.805. The molecule has 2 unspecified atom stereocenters. The summed E-state index contributed by atoms with van der Waals surface area (Å²) in [5.41, 5.74) is 1.36. The summed E-state index contributed by atoms with van der Waals surface area (Å²) in [6, 6.07) is 13.3. The number of aliphatic hydroxyl groups excluding tert-OH is 2. The van der Waals surface area contributed by atoms with Crippen molar-refractivity contribution < 1.29 is 24.4 Å². The number of piperidine rings is 1. The molecule has 0 radical (unpaired) electrons. The van der Waals surface area contributed by atoms with Gasteiger partial charge >= 0.3 is 0 Å². The number of β-amino-alcohol motifs (C(OH)–C–C–N with tert-alkyl or cyclic N) is 1. The average Bonchev–Trinajstić information content (AvgIpc) is 2.75. The minimum absolute atomic E-state index is 0.321. The van der Waals surface area contributed by atoms with Crippen LogP contribution in [0.2, 0.25) is 0 Å². The molecule has 2 atom stereocenters. The Morgan fingerprint density at radius 3 is 2.55 bits per heavy atom. The van der Waals surface area contributed by atoms with E-state index >= 15 is 0 Å². The van der Waals surface area contributed by atoms with E-state index in [9.17, 15) is 10.2 Å². The molecule has 6 nitrogen and oxygen atoms in total. The molecule has 1 saturated heterocycles. The molecule has 0 saturated carbocycles. The first kappa shape index (κ1) is 20.0. The maximum atomic E-state index is 10.7. The number of aliphatic hydroxyl groups is 2. The second-order valence-corrected chi connectivity index (χ2v) is 7.97. The first-order valence-electron chi connectivity index (χ1n) is 10.1. The molecule has 29 heavy (non-hydrogen) atoms. The van der Waals surface area contributed by atoms with Crippen LogP contribution in [0.15, 0.2) is 42.5 Å². The van der Waals surface area contributed by atoms with Crippen LogP contribution in [0.1, 0.15) is 42.6 Å². The van der Waals surface area contributed by atoms with Crippen molar-refractivity contribution in [1.29, 1.82) is 0 Å². The van der Waals surface area contributed by atoms with Crippen molar-refractivity contribution in [3.63, 3.8) is 0 Å². The van der Waals surface area contributed by atoms with Crippen molar-refractivity contribution in [2.24, 2.45) is 0 Å². The zero-order valence-electron chi connectivity index (χ0n) is 17.0. The number of hydrogen-bond acceptors (Lipinski definition) is 6. The molecule has 0 aromatic heterocycles. The van der Waals surface area contributed by atoms with E-state index in [0.29, 0.717) is 24.5 Å². The van der Waals surface area contributed by atoms with Gasteiger partial charge in [-0.05, 0) is 36.6 Å². The van der Waals surface area contributed by atoms with Gasteiger partial charge in [0.2, 0.25) is 0 Å². The summed E-state index contributed by atoms with van der Waals surface area (Å²) in [7, 11) is 3.19. The molecular weight excluding hydrogens is 370 g/mol. The Balaban J connectivity index is 1.38. The van der Waals surface area contributed by atoms with Crippen molar-refractivity contribution in [3.8, 4) is 17.2 Å². The van der Waals surface area contributed by atoms with Gasteiger partial charge in [-0.15, -0.1) is 0 Å². The SMILES string of the molecule is COc1ccc(C(O)CN2CCC3(CC2)CC(O)c2ccccc2O3)cc1OC. The molecule has 6 heteroatoms. The van der Waals surface area contributed by atoms with Gasteiger partial charge in [0.05, 0.1) is 26.4 Å².